The van der Waals surface area contributed by atoms with Gasteiger partial charge in [-0.2, -0.15) is 0 Å². The van der Waals surface area contributed by atoms with Crippen LogP contribution in [0.2, 0.25) is 0 Å². The number of anilines is 1. The molecule has 1 saturated carbocycles. The van der Waals surface area contributed by atoms with Crippen LogP contribution in [0.15, 0.2) is 54.0 Å². The minimum absolute atomic E-state index is 0.144. The molecule has 6 heteroatoms. The molecule has 1 saturated heterocycles. The van der Waals surface area contributed by atoms with E-state index in [0.717, 1.165) is 61.0 Å². The predicted octanol–water partition coefficient (Wildman–Crippen LogP) is 6.58. The highest BCUT2D eigenvalue weighted by Crippen LogP contribution is 2.41. The lowest BCUT2D eigenvalue weighted by Gasteiger charge is -2.42. The van der Waals surface area contributed by atoms with Gasteiger partial charge in [-0.15, -0.1) is 11.3 Å². The number of rotatable bonds is 3. The third-order valence-electron chi connectivity index (χ3n) is 7.52. The van der Waals surface area contributed by atoms with Gasteiger partial charge in [-0.3, -0.25) is 9.88 Å². The number of hydrogen-bond donors (Lipinski definition) is 0. The van der Waals surface area contributed by atoms with E-state index in [1.54, 1.807) is 41.8 Å². The average molecular weight is 464 g/mol. The van der Waals surface area contributed by atoms with E-state index in [0.29, 0.717) is 12.0 Å². The number of pyridine rings is 1. The number of nitrogens with zero attached hydrogens (tertiary/aromatic N) is 3. The fourth-order valence-corrected chi connectivity index (χ4v) is 6.82. The lowest BCUT2D eigenvalue weighted by molar-refractivity contribution is 0.141. The van der Waals surface area contributed by atoms with E-state index >= 15 is 0 Å². The van der Waals surface area contributed by atoms with Crippen molar-refractivity contribution in [3.05, 3.63) is 71.2 Å². The van der Waals surface area contributed by atoms with Crippen molar-refractivity contribution < 1.29 is 8.78 Å². The Labute approximate surface area is 196 Å². The number of fused-ring (bicyclic) bond motifs is 2. The zero-order valence-corrected chi connectivity index (χ0v) is 19.3. The quantitative estimate of drug-likeness (QED) is 0.342. The summed E-state index contributed by atoms with van der Waals surface area (Å²) in [5.74, 6) is 0.185. The minimum atomic E-state index is -0.202. The van der Waals surface area contributed by atoms with Crippen LogP contribution >= 0.6 is 11.3 Å². The third-order valence-corrected chi connectivity index (χ3v) is 8.50. The van der Waals surface area contributed by atoms with Crippen LogP contribution in [0.25, 0.3) is 21.0 Å². The monoisotopic (exact) mass is 463 g/mol. The summed E-state index contributed by atoms with van der Waals surface area (Å²) < 4.78 is 29.2. The van der Waals surface area contributed by atoms with Crippen molar-refractivity contribution in [2.45, 2.75) is 37.6 Å². The molecule has 3 heterocycles. The first-order valence-electron chi connectivity index (χ1n) is 11.9. The topological polar surface area (TPSA) is 19.4 Å². The molecular weight excluding hydrogens is 436 g/mol. The van der Waals surface area contributed by atoms with E-state index in [1.807, 2.05) is 18.2 Å². The van der Waals surface area contributed by atoms with E-state index in [1.165, 1.54) is 23.1 Å². The summed E-state index contributed by atoms with van der Waals surface area (Å²) in [6.45, 7) is 3.77. The maximum Gasteiger partial charge on any atom is 0.126 e. The van der Waals surface area contributed by atoms with Crippen molar-refractivity contribution in [1.82, 2.24) is 9.88 Å². The molecule has 3 nitrogen and oxygen atoms in total. The maximum atomic E-state index is 14.2. The molecule has 2 aromatic carbocycles. The molecule has 0 spiro atoms. The van der Waals surface area contributed by atoms with Crippen LogP contribution in [0, 0.1) is 11.6 Å². The number of aromatic nitrogens is 1. The second kappa shape index (κ2) is 8.65. The van der Waals surface area contributed by atoms with Crippen LogP contribution in [0.4, 0.5) is 14.5 Å². The van der Waals surface area contributed by atoms with Crippen molar-refractivity contribution >= 4 is 38.0 Å². The van der Waals surface area contributed by atoms with Gasteiger partial charge in [0.2, 0.25) is 0 Å². The lowest BCUT2D eigenvalue weighted by atomic mass is 9.81. The highest BCUT2D eigenvalue weighted by molar-refractivity contribution is 7.17. The van der Waals surface area contributed by atoms with Gasteiger partial charge in [0.1, 0.15) is 11.6 Å². The Kier molecular flexibility index (Phi) is 5.51. The number of thiophene rings is 1. The molecule has 170 valence electrons. The summed E-state index contributed by atoms with van der Waals surface area (Å²) in [6.07, 6.45) is 6.46. The summed E-state index contributed by atoms with van der Waals surface area (Å²) in [5.41, 5.74) is 3.13. The standard InChI is InChI=1S/C27H27F2N3S/c28-20-5-8-26-23(15-20)24(17-33-26)18-3-6-22(7-4-18)31-10-12-32(13-11-31)25-16-21(29)14-19-2-1-9-30-27(19)25/h1-2,5,8-9,14-18,22H,3-4,6-7,10-13H2/t18-,22-. The molecule has 6 rings (SSSR count). The van der Waals surface area contributed by atoms with Crippen LogP contribution in [0.5, 0.6) is 0 Å². The Balaban J connectivity index is 1.10. The van der Waals surface area contributed by atoms with E-state index in [2.05, 4.69) is 20.2 Å². The smallest absolute Gasteiger partial charge is 0.126 e. The number of piperazine rings is 1. The predicted molar refractivity (Wildman–Crippen MR) is 132 cm³/mol. The highest BCUT2D eigenvalue weighted by Gasteiger charge is 2.30. The molecule has 33 heavy (non-hydrogen) atoms. The highest BCUT2D eigenvalue weighted by atomic mass is 32.1. The first kappa shape index (κ1) is 21.0. The van der Waals surface area contributed by atoms with Crippen molar-refractivity contribution in [1.29, 1.82) is 0 Å². The summed E-state index contributed by atoms with van der Waals surface area (Å²) in [5, 5.41) is 4.20. The fourth-order valence-electron chi connectivity index (χ4n) is 5.80. The normalized spacial score (nSPS) is 22.3. The van der Waals surface area contributed by atoms with Gasteiger partial charge >= 0.3 is 0 Å². The molecule has 0 bridgehead atoms. The molecule has 1 aliphatic carbocycles. The van der Waals surface area contributed by atoms with Crippen LogP contribution in [0.1, 0.15) is 37.2 Å². The average Bonchev–Trinajstić information content (AvgIpc) is 3.27. The first-order valence-corrected chi connectivity index (χ1v) is 12.7. The first-order chi connectivity index (χ1) is 16.2. The minimum Gasteiger partial charge on any atom is -0.367 e. The van der Waals surface area contributed by atoms with Crippen molar-refractivity contribution in [2.24, 2.45) is 0 Å². The van der Waals surface area contributed by atoms with Gasteiger partial charge in [-0.1, -0.05) is 6.07 Å². The summed E-state index contributed by atoms with van der Waals surface area (Å²) in [7, 11) is 0. The van der Waals surface area contributed by atoms with Gasteiger partial charge in [0.25, 0.3) is 0 Å². The molecular formula is C27H27F2N3S. The maximum absolute atomic E-state index is 14.2. The Morgan fingerprint density at radius 3 is 2.52 bits per heavy atom. The largest absolute Gasteiger partial charge is 0.367 e. The van der Waals surface area contributed by atoms with Gasteiger partial charge < -0.3 is 4.90 Å². The van der Waals surface area contributed by atoms with E-state index in [-0.39, 0.29) is 11.6 Å². The summed E-state index contributed by atoms with van der Waals surface area (Å²) >= 11 is 1.73. The number of benzene rings is 2. The molecule has 0 unspecified atom stereocenters. The number of hydrogen-bond acceptors (Lipinski definition) is 4. The molecule has 2 aliphatic rings. The van der Waals surface area contributed by atoms with Crippen LogP contribution in [-0.4, -0.2) is 42.1 Å². The lowest BCUT2D eigenvalue weighted by Crippen LogP contribution is -2.51. The molecule has 4 aromatic rings. The van der Waals surface area contributed by atoms with Gasteiger partial charge in [0, 0.05) is 48.5 Å². The van der Waals surface area contributed by atoms with E-state index in [4.69, 9.17) is 0 Å². The molecule has 0 radical (unpaired) electrons. The molecule has 1 aliphatic heterocycles. The number of halogens is 2. The Morgan fingerprint density at radius 2 is 1.70 bits per heavy atom. The molecule has 0 N–H and O–H groups in total. The SMILES string of the molecule is Fc1cc(N2CCN([C@H]3CC[C@H](c4csc5ccc(F)cc54)CC3)CC2)c2ncccc2c1. The molecule has 0 atom stereocenters. The Morgan fingerprint density at radius 1 is 0.879 bits per heavy atom. The Bertz CT molecular complexity index is 1290. The summed E-state index contributed by atoms with van der Waals surface area (Å²) in [6, 6.07) is 12.7. The third kappa shape index (κ3) is 4.00. The van der Waals surface area contributed by atoms with Crippen molar-refractivity contribution in [2.75, 3.05) is 31.1 Å². The zero-order valence-electron chi connectivity index (χ0n) is 18.5. The Hall–Kier alpha value is -2.57. The van der Waals surface area contributed by atoms with E-state index in [9.17, 15) is 8.78 Å². The van der Waals surface area contributed by atoms with Gasteiger partial charge in [-0.05, 0) is 84.3 Å². The molecule has 0 amide bonds. The second-order valence-electron chi connectivity index (χ2n) is 9.36. The van der Waals surface area contributed by atoms with Crippen LogP contribution < -0.4 is 4.90 Å². The molecule has 2 aromatic heterocycles. The van der Waals surface area contributed by atoms with Gasteiger partial charge in [-0.25, -0.2) is 8.78 Å². The van der Waals surface area contributed by atoms with Crippen LogP contribution in [0.3, 0.4) is 0 Å². The molecule has 2 fully saturated rings. The second-order valence-corrected chi connectivity index (χ2v) is 10.3. The zero-order chi connectivity index (χ0) is 22.4. The summed E-state index contributed by atoms with van der Waals surface area (Å²) in [4.78, 5) is 9.42. The van der Waals surface area contributed by atoms with Crippen molar-refractivity contribution in [3.8, 4) is 0 Å². The van der Waals surface area contributed by atoms with Gasteiger partial charge in [0.05, 0.1) is 11.2 Å². The van der Waals surface area contributed by atoms with Crippen molar-refractivity contribution in [3.63, 3.8) is 0 Å². The van der Waals surface area contributed by atoms with E-state index < -0.39 is 0 Å². The fraction of sp³-hybridized carbons (Fsp3) is 0.370. The van der Waals surface area contributed by atoms with Gasteiger partial charge in [0.15, 0.2) is 0 Å². The van der Waals surface area contributed by atoms with Crippen LogP contribution in [-0.2, 0) is 0 Å².